The van der Waals surface area contributed by atoms with Crippen molar-refractivity contribution in [2.24, 2.45) is 11.1 Å². The second-order valence-corrected chi connectivity index (χ2v) is 6.48. The molecular weight excluding hydrogens is 325 g/mol. The van der Waals surface area contributed by atoms with Crippen molar-refractivity contribution in [2.45, 2.75) is 44.2 Å². The summed E-state index contributed by atoms with van der Waals surface area (Å²) in [4.78, 5) is 0. The van der Waals surface area contributed by atoms with Gasteiger partial charge in [-0.25, -0.2) is 0 Å². The number of benzene rings is 1. The van der Waals surface area contributed by atoms with E-state index < -0.39 is 0 Å². The van der Waals surface area contributed by atoms with Crippen molar-refractivity contribution in [3.05, 3.63) is 27.8 Å². The summed E-state index contributed by atoms with van der Waals surface area (Å²) in [5, 5.41) is 0. The summed E-state index contributed by atoms with van der Waals surface area (Å²) >= 11 is 2.33. The molecule has 2 aliphatic carbocycles. The molecule has 0 aromatic heterocycles. The predicted octanol–water partition coefficient (Wildman–Crippen LogP) is 3.33. The molecule has 0 heterocycles. The van der Waals surface area contributed by atoms with Gasteiger partial charge in [-0.05, 0) is 47.6 Å². The van der Waals surface area contributed by atoms with Crippen LogP contribution in [0.3, 0.4) is 0 Å². The third-order valence-corrected chi connectivity index (χ3v) is 5.38. The molecule has 1 aromatic carbocycles. The first-order valence-electron chi connectivity index (χ1n) is 6.39. The fourth-order valence-corrected chi connectivity index (χ4v) is 3.88. The number of para-hydroxylation sites is 1. The van der Waals surface area contributed by atoms with Crippen molar-refractivity contribution in [1.82, 2.24) is 0 Å². The summed E-state index contributed by atoms with van der Waals surface area (Å²) < 4.78 is 7.40. The minimum absolute atomic E-state index is 0.291. The highest BCUT2D eigenvalue weighted by molar-refractivity contribution is 14.1. The van der Waals surface area contributed by atoms with Gasteiger partial charge in [-0.2, -0.15) is 0 Å². The van der Waals surface area contributed by atoms with Crippen molar-refractivity contribution in [1.29, 1.82) is 0 Å². The number of hydrogen-bond donors (Lipinski definition) is 1. The highest BCUT2D eigenvalue weighted by Gasteiger charge is 2.56. The fraction of sp³-hybridized carbons (Fsp3) is 0.571. The first kappa shape index (κ1) is 11.8. The van der Waals surface area contributed by atoms with Gasteiger partial charge in [-0.3, -0.25) is 0 Å². The Morgan fingerprint density at radius 2 is 1.94 bits per heavy atom. The Labute approximate surface area is 116 Å². The van der Waals surface area contributed by atoms with E-state index in [1.807, 2.05) is 12.1 Å². The smallest absolute Gasteiger partial charge is 0.133 e. The van der Waals surface area contributed by atoms with Gasteiger partial charge in [-0.15, -0.1) is 0 Å². The molecule has 2 atom stereocenters. The molecular formula is C14H18INO. The number of nitrogens with two attached hydrogens (primary N) is 1. The highest BCUT2D eigenvalue weighted by Crippen LogP contribution is 2.53. The van der Waals surface area contributed by atoms with Gasteiger partial charge in [0.05, 0.1) is 3.57 Å². The van der Waals surface area contributed by atoms with Gasteiger partial charge in [0, 0.05) is 17.9 Å². The largest absolute Gasteiger partial charge is 0.489 e. The minimum Gasteiger partial charge on any atom is -0.489 e. The number of ether oxygens (including phenoxy) is 1. The van der Waals surface area contributed by atoms with Gasteiger partial charge in [0.2, 0.25) is 0 Å². The van der Waals surface area contributed by atoms with Crippen LogP contribution in [0.4, 0.5) is 0 Å². The zero-order valence-corrected chi connectivity index (χ0v) is 12.0. The lowest BCUT2D eigenvalue weighted by atomic mass is 9.61. The standard InChI is InChI=1S/C14H18INO/c15-10-5-1-2-6-11(10)17-13-9-12(16)14(13)7-3-4-8-14/h1-2,5-6,12-13H,3-4,7-9,16H2. The lowest BCUT2D eigenvalue weighted by Crippen LogP contribution is -2.62. The Morgan fingerprint density at radius 3 is 2.59 bits per heavy atom. The Hall–Kier alpha value is -0.290. The van der Waals surface area contributed by atoms with Crippen LogP contribution in [0.1, 0.15) is 32.1 Å². The number of hydrogen-bond acceptors (Lipinski definition) is 2. The number of rotatable bonds is 2. The quantitative estimate of drug-likeness (QED) is 0.836. The third kappa shape index (κ3) is 1.87. The topological polar surface area (TPSA) is 35.2 Å². The van der Waals surface area contributed by atoms with Crippen LogP contribution in [0.25, 0.3) is 0 Å². The second kappa shape index (κ2) is 4.43. The van der Waals surface area contributed by atoms with Crippen LogP contribution in [0.2, 0.25) is 0 Å². The van der Waals surface area contributed by atoms with Crippen LogP contribution in [-0.4, -0.2) is 12.1 Å². The Kier molecular flexibility index (Phi) is 3.07. The first-order valence-corrected chi connectivity index (χ1v) is 7.47. The zero-order valence-electron chi connectivity index (χ0n) is 9.86. The molecule has 1 spiro atoms. The van der Waals surface area contributed by atoms with Crippen molar-refractivity contribution >= 4 is 22.6 Å². The summed E-state index contributed by atoms with van der Waals surface area (Å²) in [6, 6.07) is 8.60. The first-order chi connectivity index (χ1) is 8.22. The van der Waals surface area contributed by atoms with Crippen LogP contribution in [0, 0.1) is 8.99 Å². The molecule has 2 nitrogen and oxygen atoms in total. The van der Waals surface area contributed by atoms with E-state index in [0.717, 1.165) is 12.2 Å². The summed E-state index contributed by atoms with van der Waals surface area (Å²) in [7, 11) is 0. The Balaban J connectivity index is 1.77. The predicted molar refractivity (Wildman–Crippen MR) is 77.1 cm³/mol. The number of halogens is 1. The molecule has 2 aliphatic rings. The van der Waals surface area contributed by atoms with Crippen LogP contribution in [0.5, 0.6) is 5.75 Å². The monoisotopic (exact) mass is 343 g/mol. The molecule has 2 saturated carbocycles. The van der Waals surface area contributed by atoms with E-state index >= 15 is 0 Å². The highest BCUT2D eigenvalue weighted by atomic mass is 127. The maximum Gasteiger partial charge on any atom is 0.133 e. The molecule has 1 aromatic rings. The van der Waals surface area contributed by atoms with E-state index in [-0.39, 0.29) is 0 Å². The van der Waals surface area contributed by atoms with E-state index in [0.29, 0.717) is 17.6 Å². The molecule has 0 aliphatic heterocycles. The molecule has 3 rings (SSSR count). The van der Waals surface area contributed by atoms with Crippen LogP contribution in [0.15, 0.2) is 24.3 Å². The third-order valence-electron chi connectivity index (χ3n) is 4.49. The van der Waals surface area contributed by atoms with Crippen LogP contribution in [-0.2, 0) is 0 Å². The zero-order chi connectivity index (χ0) is 11.9. The molecule has 17 heavy (non-hydrogen) atoms. The summed E-state index contributed by atoms with van der Waals surface area (Å²) in [6.45, 7) is 0. The van der Waals surface area contributed by atoms with Crippen molar-refractivity contribution in [3.8, 4) is 5.75 Å². The van der Waals surface area contributed by atoms with Crippen molar-refractivity contribution in [3.63, 3.8) is 0 Å². The van der Waals surface area contributed by atoms with Crippen molar-refractivity contribution < 1.29 is 4.74 Å². The minimum atomic E-state index is 0.291. The van der Waals surface area contributed by atoms with Gasteiger partial charge in [0.15, 0.2) is 0 Å². The summed E-state index contributed by atoms with van der Waals surface area (Å²) in [5.41, 5.74) is 6.51. The van der Waals surface area contributed by atoms with Crippen molar-refractivity contribution in [2.75, 3.05) is 0 Å². The second-order valence-electron chi connectivity index (χ2n) is 5.32. The normalized spacial score (nSPS) is 30.2. The van der Waals surface area contributed by atoms with E-state index in [1.54, 1.807) is 0 Å². The maximum absolute atomic E-state index is 6.22. The average molecular weight is 343 g/mol. The average Bonchev–Trinajstić information content (AvgIpc) is 2.83. The van der Waals surface area contributed by atoms with E-state index in [4.69, 9.17) is 10.5 Å². The van der Waals surface area contributed by atoms with E-state index in [1.165, 1.54) is 29.3 Å². The SMILES string of the molecule is NC1CC(Oc2ccccc2I)C12CCCC2. The van der Waals surface area contributed by atoms with E-state index in [2.05, 4.69) is 34.7 Å². The molecule has 2 fully saturated rings. The maximum atomic E-state index is 6.22. The van der Waals surface area contributed by atoms with Gasteiger partial charge in [0.1, 0.15) is 11.9 Å². The van der Waals surface area contributed by atoms with Gasteiger partial charge in [0.25, 0.3) is 0 Å². The molecule has 0 bridgehead atoms. The fourth-order valence-electron chi connectivity index (χ4n) is 3.36. The molecule has 0 saturated heterocycles. The molecule has 2 unspecified atom stereocenters. The van der Waals surface area contributed by atoms with Gasteiger partial charge < -0.3 is 10.5 Å². The van der Waals surface area contributed by atoms with Gasteiger partial charge >= 0.3 is 0 Å². The van der Waals surface area contributed by atoms with Gasteiger partial charge in [-0.1, -0.05) is 25.0 Å². The van der Waals surface area contributed by atoms with Crippen LogP contribution >= 0.6 is 22.6 Å². The summed E-state index contributed by atoms with van der Waals surface area (Å²) in [6.07, 6.45) is 6.50. The molecule has 92 valence electrons. The van der Waals surface area contributed by atoms with Crippen LogP contribution < -0.4 is 10.5 Å². The molecule has 3 heteroatoms. The lowest BCUT2D eigenvalue weighted by molar-refractivity contribution is -0.0624. The summed E-state index contributed by atoms with van der Waals surface area (Å²) in [5.74, 6) is 1.02. The Bertz CT molecular complexity index is 414. The molecule has 2 N–H and O–H groups in total. The molecule has 0 radical (unpaired) electrons. The molecule has 0 amide bonds. The van der Waals surface area contributed by atoms with E-state index in [9.17, 15) is 0 Å². The lowest BCUT2D eigenvalue weighted by Gasteiger charge is -2.52. The Morgan fingerprint density at radius 1 is 1.24 bits per heavy atom.